The molecule has 0 fully saturated rings. The number of H-pyrrole nitrogens is 1. The maximum absolute atomic E-state index is 12.6. The number of aryl methyl sites for hydroxylation is 2. The van der Waals surface area contributed by atoms with Crippen LogP contribution in [-0.2, 0) is 6.42 Å². The molecular formula is C20H18Cl2N6O. The van der Waals surface area contributed by atoms with Gasteiger partial charge in [0.05, 0.1) is 32.3 Å². The minimum absolute atomic E-state index is 0.237. The average molecular weight is 429 g/mol. The van der Waals surface area contributed by atoms with Gasteiger partial charge in [-0.15, -0.1) is 10.2 Å². The van der Waals surface area contributed by atoms with Crippen LogP contribution in [0.4, 0.5) is 0 Å². The molecule has 0 atom stereocenters. The average Bonchev–Trinajstić information content (AvgIpc) is 3.31. The molecule has 0 unspecified atom stereocenters. The number of hydrogen-bond acceptors (Lipinski definition) is 4. The fourth-order valence-corrected chi connectivity index (χ4v) is 3.73. The lowest BCUT2D eigenvalue weighted by atomic mass is 10.1. The lowest BCUT2D eigenvalue weighted by molar-refractivity contribution is 0.0954. The molecule has 0 aliphatic rings. The summed E-state index contributed by atoms with van der Waals surface area (Å²) >= 11 is 12.6. The van der Waals surface area contributed by atoms with Crippen molar-refractivity contribution in [3.05, 3.63) is 69.5 Å². The van der Waals surface area contributed by atoms with Gasteiger partial charge in [-0.3, -0.25) is 9.36 Å². The molecule has 0 saturated carbocycles. The molecule has 4 rings (SSSR count). The van der Waals surface area contributed by atoms with Gasteiger partial charge >= 0.3 is 0 Å². The van der Waals surface area contributed by atoms with Crippen molar-refractivity contribution in [1.29, 1.82) is 0 Å². The fraction of sp³-hybridized carbons (Fsp3) is 0.200. The van der Waals surface area contributed by atoms with Gasteiger partial charge in [-0.2, -0.15) is 0 Å². The summed E-state index contributed by atoms with van der Waals surface area (Å²) in [6.45, 7) is 4.53. The number of carbonyl (C=O) groups is 1. The summed E-state index contributed by atoms with van der Waals surface area (Å²) < 4.78 is 1.66. The number of halogens is 2. The Labute approximate surface area is 177 Å². The van der Waals surface area contributed by atoms with Crippen LogP contribution in [0, 0.1) is 13.8 Å². The first-order valence-electron chi connectivity index (χ1n) is 9.00. The third-order valence-corrected chi connectivity index (χ3v) is 5.36. The summed E-state index contributed by atoms with van der Waals surface area (Å²) in [4.78, 5) is 20.5. The number of fused-ring (bicyclic) bond motifs is 1. The summed E-state index contributed by atoms with van der Waals surface area (Å²) in [5.74, 6) is 0.476. The Hall–Kier alpha value is -2.90. The number of aromatic nitrogens is 5. The van der Waals surface area contributed by atoms with Crippen LogP contribution in [0.25, 0.3) is 16.7 Å². The van der Waals surface area contributed by atoms with Gasteiger partial charge in [0.2, 0.25) is 0 Å². The van der Waals surface area contributed by atoms with E-state index < -0.39 is 0 Å². The van der Waals surface area contributed by atoms with Crippen molar-refractivity contribution in [2.24, 2.45) is 0 Å². The van der Waals surface area contributed by atoms with Gasteiger partial charge in [0, 0.05) is 13.0 Å². The van der Waals surface area contributed by atoms with Gasteiger partial charge in [0.15, 0.2) is 0 Å². The summed E-state index contributed by atoms with van der Waals surface area (Å²) in [5, 5.41) is 10.9. The molecule has 0 bridgehead atoms. The molecule has 7 nitrogen and oxygen atoms in total. The Balaban J connectivity index is 1.45. The first-order chi connectivity index (χ1) is 13.9. The summed E-state index contributed by atoms with van der Waals surface area (Å²) in [5.41, 5.74) is 5.23. The van der Waals surface area contributed by atoms with Crippen molar-refractivity contribution < 1.29 is 4.79 Å². The van der Waals surface area contributed by atoms with E-state index in [4.69, 9.17) is 23.2 Å². The molecule has 2 aromatic carbocycles. The zero-order valence-electron chi connectivity index (χ0n) is 15.8. The van der Waals surface area contributed by atoms with Crippen LogP contribution in [0.1, 0.15) is 27.3 Å². The van der Waals surface area contributed by atoms with E-state index in [2.05, 4.69) is 51.5 Å². The smallest absolute Gasteiger partial charge is 0.254 e. The van der Waals surface area contributed by atoms with Crippen LogP contribution in [-0.4, -0.2) is 37.2 Å². The Morgan fingerprint density at radius 1 is 1.07 bits per heavy atom. The monoisotopic (exact) mass is 428 g/mol. The van der Waals surface area contributed by atoms with Gasteiger partial charge in [-0.05, 0) is 49.2 Å². The van der Waals surface area contributed by atoms with E-state index in [0.717, 1.165) is 16.9 Å². The van der Waals surface area contributed by atoms with Crippen molar-refractivity contribution in [1.82, 2.24) is 30.0 Å². The Morgan fingerprint density at radius 2 is 1.72 bits per heavy atom. The van der Waals surface area contributed by atoms with Crippen molar-refractivity contribution in [2.45, 2.75) is 20.3 Å². The van der Waals surface area contributed by atoms with Gasteiger partial charge < -0.3 is 10.3 Å². The zero-order chi connectivity index (χ0) is 20.5. The standard InChI is InChI=1S/C20H18Cl2N6O/c1-11-5-16-17(6-12(11)2)27-18(26-16)3-4-23-20(29)19-14(21)7-13(8-15(19)22)28-9-24-25-10-28/h5-10H,3-4H2,1-2H3,(H,23,29)(H,26,27). The fourth-order valence-electron chi connectivity index (χ4n) is 3.08. The molecule has 4 aromatic rings. The summed E-state index contributed by atoms with van der Waals surface area (Å²) in [7, 11) is 0. The first-order valence-corrected chi connectivity index (χ1v) is 9.76. The van der Waals surface area contributed by atoms with E-state index in [0.29, 0.717) is 18.7 Å². The molecule has 2 heterocycles. The first kappa shape index (κ1) is 19.4. The second-order valence-electron chi connectivity index (χ2n) is 6.80. The predicted octanol–water partition coefficient (Wildman–Crippen LogP) is 4.04. The number of carbonyl (C=O) groups excluding carboxylic acids is 1. The Bertz CT molecular complexity index is 1140. The van der Waals surface area contributed by atoms with Crippen LogP contribution < -0.4 is 5.32 Å². The molecule has 0 spiro atoms. The molecule has 2 N–H and O–H groups in total. The van der Waals surface area contributed by atoms with E-state index in [1.807, 2.05) is 0 Å². The highest BCUT2D eigenvalue weighted by atomic mass is 35.5. The molecule has 1 amide bonds. The van der Waals surface area contributed by atoms with E-state index in [-0.39, 0.29) is 21.5 Å². The topological polar surface area (TPSA) is 88.5 Å². The van der Waals surface area contributed by atoms with E-state index in [1.165, 1.54) is 23.8 Å². The number of hydrogen-bond donors (Lipinski definition) is 2. The van der Waals surface area contributed by atoms with Crippen LogP contribution in [0.2, 0.25) is 10.0 Å². The summed E-state index contributed by atoms with van der Waals surface area (Å²) in [6.07, 6.45) is 3.61. The van der Waals surface area contributed by atoms with E-state index in [1.54, 1.807) is 16.7 Å². The third kappa shape index (κ3) is 3.97. The zero-order valence-corrected chi connectivity index (χ0v) is 17.3. The largest absolute Gasteiger partial charge is 0.351 e. The highest BCUT2D eigenvalue weighted by Gasteiger charge is 2.17. The lowest BCUT2D eigenvalue weighted by Gasteiger charge is -2.10. The molecular weight excluding hydrogens is 411 g/mol. The molecule has 0 aliphatic carbocycles. The van der Waals surface area contributed by atoms with Crippen molar-refractivity contribution >= 4 is 40.1 Å². The summed E-state index contributed by atoms with van der Waals surface area (Å²) in [6, 6.07) is 7.43. The Morgan fingerprint density at radius 3 is 2.41 bits per heavy atom. The predicted molar refractivity (Wildman–Crippen MR) is 113 cm³/mol. The SMILES string of the molecule is Cc1cc2nc(CCNC(=O)c3c(Cl)cc(-n4cnnc4)cc3Cl)[nH]c2cc1C. The second kappa shape index (κ2) is 7.85. The van der Waals surface area contributed by atoms with Gasteiger partial charge in [-0.25, -0.2) is 4.98 Å². The number of benzene rings is 2. The minimum Gasteiger partial charge on any atom is -0.351 e. The number of aromatic amines is 1. The lowest BCUT2D eigenvalue weighted by Crippen LogP contribution is -2.26. The number of rotatable bonds is 5. The number of nitrogens with one attached hydrogen (secondary N) is 2. The number of amides is 1. The molecule has 29 heavy (non-hydrogen) atoms. The molecule has 148 valence electrons. The highest BCUT2D eigenvalue weighted by molar-refractivity contribution is 6.40. The van der Waals surface area contributed by atoms with Gasteiger partial charge in [0.25, 0.3) is 5.91 Å². The number of nitrogens with zero attached hydrogens (tertiary/aromatic N) is 4. The van der Waals surface area contributed by atoms with Crippen molar-refractivity contribution in [2.75, 3.05) is 6.54 Å². The molecule has 0 aliphatic heterocycles. The number of imidazole rings is 1. The second-order valence-corrected chi connectivity index (χ2v) is 7.61. The Kier molecular flexibility index (Phi) is 5.25. The quantitative estimate of drug-likeness (QED) is 0.501. The van der Waals surface area contributed by atoms with Crippen molar-refractivity contribution in [3.63, 3.8) is 0 Å². The van der Waals surface area contributed by atoms with Gasteiger partial charge in [0.1, 0.15) is 18.5 Å². The van der Waals surface area contributed by atoms with E-state index >= 15 is 0 Å². The molecule has 0 radical (unpaired) electrons. The highest BCUT2D eigenvalue weighted by Crippen LogP contribution is 2.28. The maximum atomic E-state index is 12.6. The van der Waals surface area contributed by atoms with Crippen molar-refractivity contribution in [3.8, 4) is 5.69 Å². The maximum Gasteiger partial charge on any atom is 0.254 e. The van der Waals surface area contributed by atoms with Crippen LogP contribution >= 0.6 is 23.2 Å². The normalized spacial score (nSPS) is 11.2. The van der Waals surface area contributed by atoms with E-state index in [9.17, 15) is 4.79 Å². The van der Waals surface area contributed by atoms with Gasteiger partial charge in [-0.1, -0.05) is 23.2 Å². The molecule has 2 aromatic heterocycles. The van der Waals surface area contributed by atoms with Crippen LogP contribution in [0.15, 0.2) is 36.9 Å². The molecule has 0 saturated heterocycles. The third-order valence-electron chi connectivity index (χ3n) is 4.76. The van der Waals surface area contributed by atoms with Crippen LogP contribution in [0.5, 0.6) is 0 Å². The minimum atomic E-state index is -0.335. The molecule has 9 heteroatoms. The van der Waals surface area contributed by atoms with Crippen LogP contribution in [0.3, 0.4) is 0 Å².